The molecule has 11 heteroatoms. The molecule has 0 unspecified atom stereocenters. The maximum atomic E-state index is 12.4. The van der Waals surface area contributed by atoms with Crippen molar-refractivity contribution in [2.45, 2.75) is 19.8 Å². The number of hydrogen-bond acceptors (Lipinski definition) is 8. The summed E-state index contributed by atoms with van der Waals surface area (Å²) in [5.41, 5.74) is 0.299. The lowest BCUT2D eigenvalue weighted by atomic mass is 10.3. The van der Waals surface area contributed by atoms with Crippen LogP contribution in [0.4, 0.5) is 30.8 Å². The molecule has 2 aromatic heterocycles. The SMILES string of the molecule is CCOc1nc(NCc2ccco2)nc(Nc2cccc(OC(F)(F)F)c2)n1. The van der Waals surface area contributed by atoms with Gasteiger partial charge in [0.2, 0.25) is 11.9 Å². The van der Waals surface area contributed by atoms with Gasteiger partial charge in [0.1, 0.15) is 11.5 Å². The third kappa shape index (κ3) is 5.76. The molecule has 148 valence electrons. The molecule has 3 rings (SSSR count). The molecule has 28 heavy (non-hydrogen) atoms. The quantitative estimate of drug-likeness (QED) is 0.588. The van der Waals surface area contributed by atoms with E-state index in [0.717, 1.165) is 0 Å². The van der Waals surface area contributed by atoms with Gasteiger partial charge in [-0.25, -0.2) is 0 Å². The van der Waals surface area contributed by atoms with E-state index >= 15 is 0 Å². The van der Waals surface area contributed by atoms with Crippen LogP contribution in [0.3, 0.4) is 0 Å². The van der Waals surface area contributed by atoms with Crippen LogP contribution < -0.4 is 20.1 Å². The number of rotatable bonds is 8. The third-order valence-corrected chi connectivity index (χ3v) is 3.21. The molecule has 0 radical (unpaired) electrons. The number of ether oxygens (including phenoxy) is 2. The van der Waals surface area contributed by atoms with E-state index in [9.17, 15) is 13.2 Å². The maximum Gasteiger partial charge on any atom is 0.573 e. The molecule has 0 aliphatic carbocycles. The van der Waals surface area contributed by atoms with E-state index in [1.807, 2.05) is 0 Å². The fraction of sp³-hybridized carbons (Fsp3) is 0.235. The first-order valence-corrected chi connectivity index (χ1v) is 8.19. The van der Waals surface area contributed by atoms with E-state index in [4.69, 9.17) is 9.15 Å². The van der Waals surface area contributed by atoms with E-state index in [2.05, 4.69) is 30.3 Å². The minimum atomic E-state index is -4.78. The zero-order valence-electron chi connectivity index (χ0n) is 14.7. The van der Waals surface area contributed by atoms with E-state index < -0.39 is 6.36 Å². The van der Waals surface area contributed by atoms with E-state index in [1.54, 1.807) is 31.4 Å². The Bertz CT molecular complexity index is 903. The third-order valence-electron chi connectivity index (χ3n) is 3.21. The number of furan rings is 1. The highest BCUT2D eigenvalue weighted by molar-refractivity contribution is 5.56. The van der Waals surface area contributed by atoms with Crippen molar-refractivity contribution < 1.29 is 27.1 Å². The zero-order valence-corrected chi connectivity index (χ0v) is 14.7. The molecule has 0 atom stereocenters. The van der Waals surface area contributed by atoms with Crippen LogP contribution in [0, 0.1) is 0 Å². The van der Waals surface area contributed by atoms with Gasteiger partial charge in [0.15, 0.2) is 0 Å². The average Bonchev–Trinajstić information content (AvgIpc) is 3.12. The van der Waals surface area contributed by atoms with Crippen molar-refractivity contribution in [3.8, 4) is 11.8 Å². The second-order valence-corrected chi connectivity index (χ2v) is 5.33. The number of nitrogens with one attached hydrogen (secondary N) is 2. The monoisotopic (exact) mass is 395 g/mol. The Hall–Kier alpha value is -3.50. The molecule has 3 aromatic rings. The predicted molar refractivity (Wildman–Crippen MR) is 93.4 cm³/mol. The number of anilines is 3. The lowest BCUT2D eigenvalue weighted by molar-refractivity contribution is -0.274. The summed E-state index contributed by atoms with van der Waals surface area (Å²) in [6, 6.07) is 8.90. The summed E-state index contributed by atoms with van der Waals surface area (Å²) in [5, 5.41) is 5.77. The summed E-state index contributed by atoms with van der Waals surface area (Å²) in [4.78, 5) is 12.4. The first-order valence-electron chi connectivity index (χ1n) is 8.19. The largest absolute Gasteiger partial charge is 0.573 e. The van der Waals surface area contributed by atoms with Crippen LogP contribution >= 0.6 is 0 Å². The van der Waals surface area contributed by atoms with Gasteiger partial charge >= 0.3 is 12.4 Å². The summed E-state index contributed by atoms with van der Waals surface area (Å²) >= 11 is 0. The minimum Gasteiger partial charge on any atom is -0.467 e. The Morgan fingerprint density at radius 1 is 1.07 bits per heavy atom. The fourth-order valence-corrected chi connectivity index (χ4v) is 2.16. The Labute approximate surface area is 157 Å². The van der Waals surface area contributed by atoms with E-state index in [-0.39, 0.29) is 23.7 Å². The van der Waals surface area contributed by atoms with Gasteiger partial charge in [-0.05, 0) is 31.2 Å². The van der Waals surface area contributed by atoms with Gasteiger partial charge in [0.05, 0.1) is 19.4 Å². The summed E-state index contributed by atoms with van der Waals surface area (Å²) in [6.07, 6.45) is -3.24. The summed E-state index contributed by atoms with van der Waals surface area (Å²) in [7, 11) is 0. The van der Waals surface area contributed by atoms with Crippen LogP contribution in [0.5, 0.6) is 11.8 Å². The highest BCUT2D eigenvalue weighted by Gasteiger charge is 2.31. The first kappa shape index (κ1) is 19.3. The van der Waals surface area contributed by atoms with Crippen molar-refractivity contribution in [1.29, 1.82) is 0 Å². The van der Waals surface area contributed by atoms with Gasteiger partial charge in [0.25, 0.3) is 0 Å². The number of aromatic nitrogens is 3. The molecule has 0 saturated heterocycles. The van der Waals surface area contributed by atoms with Gasteiger partial charge in [0, 0.05) is 11.8 Å². The van der Waals surface area contributed by atoms with Crippen LogP contribution in [0.1, 0.15) is 12.7 Å². The molecule has 0 aliphatic heterocycles. The number of alkyl halides is 3. The topological polar surface area (TPSA) is 94.3 Å². The normalized spacial score (nSPS) is 11.1. The van der Waals surface area contributed by atoms with E-state index in [1.165, 1.54) is 18.2 Å². The Morgan fingerprint density at radius 3 is 2.61 bits per heavy atom. The van der Waals surface area contributed by atoms with Crippen LogP contribution in [0.2, 0.25) is 0 Å². The van der Waals surface area contributed by atoms with Crippen molar-refractivity contribution in [2.24, 2.45) is 0 Å². The molecule has 8 nitrogen and oxygen atoms in total. The molecule has 0 amide bonds. The molecule has 2 N–H and O–H groups in total. The lowest BCUT2D eigenvalue weighted by Gasteiger charge is -2.12. The van der Waals surface area contributed by atoms with Crippen molar-refractivity contribution in [2.75, 3.05) is 17.2 Å². The van der Waals surface area contributed by atoms with Gasteiger partial charge < -0.3 is 24.5 Å². The summed E-state index contributed by atoms with van der Waals surface area (Å²) < 4.78 is 51.6. The fourth-order valence-electron chi connectivity index (χ4n) is 2.16. The number of hydrogen-bond donors (Lipinski definition) is 2. The first-order chi connectivity index (χ1) is 13.4. The zero-order chi connectivity index (χ0) is 20.0. The number of halogens is 3. The molecule has 0 fully saturated rings. The second-order valence-electron chi connectivity index (χ2n) is 5.33. The second kappa shape index (κ2) is 8.46. The molecule has 0 spiro atoms. The van der Waals surface area contributed by atoms with Gasteiger partial charge in [-0.15, -0.1) is 13.2 Å². The molecule has 2 heterocycles. The van der Waals surface area contributed by atoms with Gasteiger partial charge in [-0.2, -0.15) is 15.0 Å². The van der Waals surface area contributed by atoms with Gasteiger partial charge in [-0.1, -0.05) is 6.07 Å². The lowest BCUT2D eigenvalue weighted by Crippen LogP contribution is -2.17. The molecule has 0 bridgehead atoms. The van der Waals surface area contributed by atoms with Crippen LogP contribution in [0.25, 0.3) is 0 Å². The van der Waals surface area contributed by atoms with Crippen molar-refractivity contribution in [3.05, 3.63) is 48.4 Å². The van der Waals surface area contributed by atoms with Crippen molar-refractivity contribution in [1.82, 2.24) is 15.0 Å². The smallest absolute Gasteiger partial charge is 0.467 e. The molecular formula is C17H16F3N5O3. The predicted octanol–water partition coefficient (Wildman–Crippen LogP) is 4.12. The Morgan fingerprint density at radius 2 is 1.89 bits per heavy atom. The molecular weight excluding hydrogens is 379 g/mol. The average molecular weight is 395 g/mol. The Balaban J connectivity index is 1.77. The number of nitrogens with zero attached hydrogens (tertiary/aromatic N) is 3. The van der Waals surface area contributed by atoms with Crippen molar-refractivity contribution in [3.63, 3.8) is 0 Å². The summed E-state index contributed by atoms with van der Waals surface area (Å²) in [5.74, 6) is 0.599. The van der Waals surface area contributed by atoms with Crippen molar-refractivity contribution >= 4 is 17.6 Å². The van der Waals surface area contributed by atoms with Crippen LogP contribution in [0.15, 0.2) is 47.1 Å². The summed E-state index contributed by atoms with van der Waals surface area (Å²) in [6.45, 7) is 2.43. The van der Waals surface area contributed by atoms with E-state index in [0.29, 0.717) is 24.6 Å². The van der Waals surface area contributed by atoms with Crippen LogP contribution in [-0.4, -0.2) is 27.9 Å². The van der Waals surface area contributed by atoms with Crippen LogP contribution in [-0.2, 0) is 6.54 Å². The minimum absolute atomic E-state index is 0.0599. The highest BCUT2D eigenvalue weighted by atomic mass is 19.4. The molecule has 1 aromatic carbocycles. The molecule has 0 saturated carbocycles. The standard InChI is InChI=1S/C17H16F3N5O3/c1-2-26-16-24-14(21-10-13-7-4-8-27-13)23-15(25-16)22-11-5-3-6-12(9-11)28-17(18,19)20/h3-9H,2,10H2,1H3,(H2,21,22,23,24,25). The number of benzene rings is 1. The maximum absolute atomic E-state index is 12.4. The van der Waals surface area contributed by atoms with Gasteiger partial charge in [-0.3, -0.25) is 0 Å². The highest BCUT2D eigenvalue weighted by Crippen LogP contribution is 2.26. The Kier molecular flexibility index (Phi) is 5.82. The molecule has 0 aliphatic rings.